The molecular formula is C18H20FN3O2. The Morgan fingerprint density at radius 2 is 2.17 bits per heavy atom. The fraction of sp³-hybridized carbons (Fsp3) is 0.389. The molecule has 1 fully saturated rings. The molecule has 2 aromatic rings. The summed E-state index contributed by atoms with van der Waals surface area (Å²) in [6.45, 7) is 5.05. The maximum atomic E-state index is 13.7. The van der Waals surface area contributed by atoms with Gasteiger partial charge in [-0.05, 0) is 25.5 Å². The monoisotopic (exact) mass is 329 g/mol. The third kappa shape index (κ3) is 3.53. The summed E-state index contributed by atoms with van der Waals surface area (Å²) in [7, 11) is 0. The summed E-state index contributed by atoms with van der Waals surface area (Å²) in [5.74, 6) is 0.902. The highest BCUT2D eigenvalue weighted by atomic mass is 19.1. The smallest absolute Gasteiger partial charge is 0.222 e. The number of benzene rings is 1. The summed E-state index contributed by atoms with van der Waals surface area (Å²) in [4.78, 5) is 22.6. The van der Waals surface area contributed by atoms with Crippen LogP contribution in [-0.4, -0.2) is 33.9 Å². The van der Waals surface area contributed by atoms with E-state index >= 15 is 0 Å². The van der Waals surface area contributed by atoms with Crippen LogP contribution in [-0.2, 0) is 4.79 Å². The number of carbonyl (C=O) groups excluding carboxylic acids is 1. The maximum absolute atomic E-state index is 13.7. The van der Waals surface area contributed by atoms with Crippen LogP contribution < -0.4 is 4.74 Å². The van der Waals surface area contributed by atoms with Gasteiger partial charge in [0.25, 0.3) is 0 Å². The van der Waals surface area contributed by atoms with E-state index in [-0.39, 0.29) is 17.6 Å². The lowest BCUT2D eigenvalue weighted by Gasteiger charge is -2.15. The molecule has 3 rings (SSSR count). The lowest BCUT2D eigenvalue weighted by Crippen LogP contribution is -2.27. The number of ether oxygens (including phenoxy) is 1. The molecule has 0 N–H and O–H groups in total. The van der Waals surface area contributed by atoms with E-state index in [2.05, 4.69) is 9.97 Å². The topological polar surface area (TPSA) is 55.3 Å². The first-order chi connectivity index (χ1) is 11.6. The number of amides is 1. The fourth-order valence-corrected chi connectivity index (χ4v) is 2.86. The van der Waals surface area contributed by atoms with Gasteiger partial charge < -0.3 is 9.64 Å². The van der Waals surface area contributed by atoms with Gasteiger partial charge in [0, 0.05) is 37.2 Å². The van der Waals surface area contributed by atoms with Crippen LogP contribution in [0.5, 0.6) is 11.6 Å². The van der Waals surface area contributed by atoms with E-state index in [4.69, 9.17) is 4.74 Å². The van der Waals surface area contributed by atoms with Crippen molar-refractivity contribution in [3.05, 3.63) is 47.7 Å². The van der Waals surface area contributed by atoms with Crippen molar-refractivity contribution >= 4 is 5.91 Å². The van der Waals surface area contributed by atoms with Crippen molar-refractivity contribution in [2.75, 3.05) is 13.1 Å². The minimum atomic E-state index is -0.434. The second-order valence-corrected chi connectivity index (χ2v) is 5.92. The van der Waals surface area contributed by atoms with Crippen molar-refractivity contribution in [2.24, 2.45) is 0 Å². The molecule has 0 spiro atoms. The summed E-state index contributed by atoms with van der Waals surface area (Å²) in [6.07, 6.45) is 1.33. The zero-order chi connectivity index (χ0) is 17.1. The number of para-hydroxylation sites is 1. The number of aryl methyl sites for hydroxylation is 1. The van der Waals surface area contributed by atoms with Gasteiger partial charge in [0.2, 0.25) is 11.8 Å². The Bertz CT molecular complexity index is 751. The predicted octanol–water partition coefficient (Wildman–Crippen LogP) is 3.44. The normalized spacial score (nSPS) is 17.1. The summed E-state index contributed by atoms with van der Waals surface area (Å²) >= 11 is 0. The highest BCUT2D eigenvalue weighted by molar-refractivity contribution is 5.76. The van der Waals surface area contributed by atoms with Crippen molar-refractivity contribution < 1.29 is 13.9 Å². The van der Waals surface area contributed by atoms with Gasteiger partial charge in [0.1, 0.15) is 5.82 Å². The Kier molecular flexibility index (Phi) is 4.74. The molecule has 6 heteroatoms. The molecule has 0 aliphatic carbocycles. The largest absolute Gasteiger partial charge is 0.436 e. The van der Waals surface area contributed by atoms with Gasteiger partial charge >= 0.3 is 0 Å². The van der Waals surface area contributed by atoms with E-state index in [1.54, 1.807) is 24.3 Å². The van der Waals surface area contributed by atoms with Gasteiger partial charge in [0.15, 0.2) is 11.6 Å². The summed E-state index contributed by atoms with van der Waals surface area (Å²) in [6, 6.07) is 7.90. The molecule has 0 bridgehead atoms. The van der Waals surface area contributed by atoms with E-state index in [1.165, 1.54) is 6.07 Å². The number of likely N-dealkylation sites (tertiary alicyclic amines) is 1. The quantitative estimate of drug-likeness (QED) is 0.862. The third-order valence-corrected chi connectivity index (χ3v) is 4.11. The van der Waals surface area contributed by atoms with Crippen molar-refractivity contribution in [1.82, 2.24) is 14.9 Å². The molecule has 1 atom stereocenters. The van der Waals surface area contributed by atoms with Gasteiger partial charge in [-0.3, -0.25) is 4.79 Å². The van der Waals surface area contributed by atoms with Crippen LogP contribution in [0.15, 0.2) is 30.3 Å². The minimum absolute atomic E-state index is 0.0865. The fourth-order valence-electron chi connectivity index (χ4n) is 2.86. The Balaban J connectivity index is 1.80. The summed E-state index contributed by atoms with van der Waals surface area (Å²) in [5, 5.41) is 0. The van der Waals surface area contributed by atoms with E-state index in [0.717, 1.165) is 18.7 Å². The minimum Gasteiger partial charge on any atom is -0.436 e. The van der Waals surface area contributed by atoms with Crippen molar-refractivity contribution in [1.29, 1.82) is 0 Å². The molecule has 24 heavy (non-hydrogen) atoms. The second-order valence-electron chi connectivity index (χ2n) is 5.92. The predicted molar refractivity (Wildman–Crippen MR) is 87.5 cm³/mol. The number of halogens is 1. The first kappa shape index (κ1) is 16.4. The van der Waals surface area contributed by atoms with Gasteiger partial charge in [-0.15, -0.1) is 0 Å². The van der Waals surface area contributed by atoms with Crippen molar-refractivity contribution in [3.63, 3.8) is 0 Å². The Hall–Kier alpha value is -2.50. The number of nitrogens with zero attached hydrogens (tertiary/aromatic N) is 3. The van der Waals surface area contributed by atoms with Gasteiger partial charge in [-0.1, -0.05) is 19.1 Å². The number of aromatic nitrogens is 2. The number of rotatable bonds is 4. The molecule has 0 unspecified atom stereocenters. The number of hydrogen-bond donors (Lipinski definition) is 0. The first-order valence-corrected chi connectivity index (χ1v) is 8.12. The lowest BCUT2D eigenvalue weighted by molar-refractivity contribution is -0.129. The van der Waals surface area contributed by atoms with Crippen molar-refractivity contribution in [2.45, 2.75) is 32.6 Å². The third-order valence-electron chi connectivity index (χ3n) is 4.11. The highest BCUT2D eigenvalue weighted by Crippen LogP contribution is 2.28. The number of hydrogen-bond acceptors (Lipinski definition) is 4. The molecule has 126 valence electrons. The van der Waals surface area contributed by atoms with E-state index in [1.807, 2.05) is 18.7 Å². The van der Waals surface area contributed by atoms with Gasteiger partial charge in [-0.2, -0.15) is 4.98 Å². The summed E-state index contributed by atoms with van der Waals surface area (Å²) in [5.41, 5.74) is 0.756. The lowest BCUT2D eigenvalue weighted by atomic mass is 10.1. The highest BCUT2D eigenvalue weighted by Gasteiger charge is 2.28. The molecule has 0 saturated carbocycles. The van der Waals surface area contributed by atoms with E-state index < -0.39 is 5.82 Å². The SMILES string of the molecule is CCC(=O)N1CC[C@@H](c2nc(C)cc(Oc3ccccc3F)n2)C1. The average Bonchev–Trinajstić information content (AvgIpc) is 3.06. The molecule has 1 saturated heterocycles. The van der Waals surface area contributed by atoms with Crippen LogP contribution in [0.2, 0.25) is 0 Å². The average molecular weight is 329 g/mol. The van der Waals surface area contributed by atoms with Crippen LogP contribution >= 0.6 is 0 Å². The first-order valence-electron chi connectivity index (χ1n) is 8.12. The van der Waals surface area contributed by atoms with Gasteiger partial charge in [-0.25, -0.2) is 9.37 Å². The Morgan fingerprint density at radius 1 is 1.38 bits per heavy atom. The molecule has 1 aliphatic rings. The standard InChI is InChI=1S/C18H20FN3O2/c1-3-17(23)22-9-8-13(11-22)18-20-12(2)10-16(21-18)24-15-7-5-4-6-14(15)19/h4-7,10,13H,3,8-9,11H2,1-2H3/t13-/m1/s1. The molecule has 1 amide bonds. The molecule has 1 aliphatic heterocycles. The van der Waals surface area contributed by atoms with Crippen LogP contribution in [0.3, 0.4) is 0 Å². The number of carbonyl (C=O) groups is 1. The molecular weight excluding hydrogens is 309 g/mol. The van der Waals surface area contributed by atoms with E-state index in [0.29, 0.717) is 24.7 Å². The van der Waals surface area contributed by atoms with Crippen molar-refractivity contribution in [3.8, 4) is 11.6 Å². The second kappa shape index (κ2) is 6.95. The molecule has 1 aromatic carbocycles. The van der Waals surface area contributed by atoms with Crippen LogP contribution in [0, 0.1) is 12.7 Å². The zero-order valence-corrected chi connectivity index (χ0v) is 13.8. The molecule has 5 nitrogen and oxygen atoms in total. The Morgan fingerprint density at radius 3 is 2.92 bits per heavy atom. The van der Waals surface area contributed by atoms with Crippen LogP contribution in [0.4, 0.5) is 4.39 Å². The molecule has 2 heterocycles. The van der Waals surface area contributed by atoms with Crippen LogP contribution in [0.25, 0.3) is 0 Å². The molecule has 1 aromatic heterocycles. The zero-order valence-electron chi connectivity index (χ0n) is 13.8. The van der Waals surface area contributed by atoms with Crippen LogP contribution in [0.1, 0.15) is 37.2 Å². The Labute approximate surface area is 140 Å². The molecule has 0 radical (unpaired) electrons. The van der Waals surface area contributed by atoms with Gasteiger partial charge in [0.05, 0.1) is 0 Å². The summed E-state index contributed by atoms with van der Waals surface area (Å²) < 4.78 is 19.3. The van der Waals surface area contributed by atoms with E-state index in [9.17, 15) is 9.18 Å². The maximum Gasteiger partial charge on any atom is 0.222 e.